The van der Waals surface area contributed by atoms with E-state index in [1.54, 1.807) is 35.8 Å². The molecule has 1 atom stereocenters. The molecule has 0 aromatic carbocycles. The summed E-state index contributed by atoms with van der Waals surface area (Å²) in [6, 6.07) is 7.29. The van der Waals surface area contributed by atoms with Crippen molar-refractivity contribution in [1.82, 2.24) is 19.8 Å². The molecule has 0 saturated carbocycles. The highest BCUT2D eigenvalue weighted by Crippen LogP contribution is 2.13. The lowest BCUT2D eigenvalue weighted by molar-refractivity contribution is -0.142. The standard InChI is InChI=1S/C22H26N4O5/c1-30-22(29)6-10-25-13-19(31-16-17-4-8-23-9-5-17)14-26(15-21(25)28)20(27)11-18-3-2-7-24-12-18/h2-5,7-9,12,19H,6,10-11,13-16H2,1H3. The van der Waals surface area contributed by atoms with Gasteiger partial charge in [0.1, 0.15) is 0 Å². The molecule has 3 rings (SSSR count). The number of hydrogen-bond donors (Lipinski definition) is 0. The summed E-state index contributed by atoms with van der Waals surface area (Å²) in [5.74, 6) is -0.789. The van der Waals surface area contributed by atoms with Gasteiger partial charge >= 0.3 is 5.97 Å². The van der Waals surface area contributed by atoms with Crippen molar-refractivity contribution in [3.8, 4) is 0 Å². The third kappa shape index (κ3) is 6.85. The SMILES string of the molecule is COC(=O)CCN1CC(OCc2ccncc2)CN(C(=O)Cc2cccnc2)CC1=O. The van der Waals surface area contributed by atoms with Crippen molar-refractivity contribution in [1.29, 1.82) is 0 Å². The van der Waals surface area contributed by atoms with Crippen molar-refractivity contribution in [3.63, 3.8) is 0 Å². The number of aromatic nitrogens is 2. The van der Waals surface area contributed by atoms with Crippen LogP contribution in [0.3, 0.4) is 0 Å². The van der Waals surface area contributed by atoms with Gasteiger partial charge in [0.15, 0.2) is 0 Å². The maximum atomic E-state index is 12.9. The van der Waals surface area contributed by atoms with Gasteiger partial charge < -0.3 is 19.3 Å². The van der Waals surface area contributed by atoms with E-state index in [1.807, 2.05) is 18.2 Å². The molecule has 0 radical (unpaired) electrons. The lowest BCUT2D eigenvalue weighted by Crippen LogP contribution is -2.40. The number of nitrogens with zero attached hydrogens (tertiary/aromatic N) is 4. The second-order valence-electron chi connectivity index (χ2n) is 7.27. The molecule has 2 amide bonds. The molecule has 1 fully saturated rings. The Morgan fingerprint density at radius 3 is 2.61 bits per heavy atom. The minimum absolute atomic E-state index is 0.0601. The van der Waals surface area contributed by atoms with Crippen LogP contribution in [0.1, 0.15) is 17.5 Å². The number of pyridine rings is 2. The van der Waals surface area contributed by atoms with Gasteiger partial charge in [-0.25, -0.2) is 0 Å². The quantitative estimate of drug-likeness (QED) is 0.577. The van der Waals surface area contributed by atoms with Crippen LogP contribution in [0.15, 0.2) is 49.1 Å². The molecule has 164 valence electrons. The molecule has 2 aromatic heterocycles. The van der Waals surface area contributed by atoms with Crippen LogP contribution in [0.4, 0.5) is 0 Å². The molecular formula is C22H26N4O5. The molecule has 1 unspecified atom stereocenters. The number of amides is 2. The Kier molecular flexibility index (Phi) is 8.05. The molecule has 1 aliphatic heterocycles. The molecule has 0 aliphatic carbocycles. The topological polar surface area (TPSA) is 102 Å². The first-order chi connectivity index (χ1) is 15.0. The number of hydrogen-bond acceptors (Lipinski definition) is 7. The average molecular weight is 426 g/mol. The van der Waals surface area contributed by atoms with Gasteiger partial charge in [-0.2, -0.15) is 0 Å². The van der Waals surface area contributed by atoms with E-state index < -0.39 is 12.1 Å². The summed E-state index contributed by atoms with van der Waals surface area (Å²) in [6.45, 7) is 1.06. The van der Waals surface area contributed by atoms with Crippen molar-refractivity contribution in [2.45, 2.75) is 25.6 Å². The second kappa shape index (κ2) is 11.2. The minimum atomic E-state index is -0.393. The fourth-order valence-electron chi connectivity index (χ4n) is 3.30. The van der Waals surface area contributed by atoms with E-state index in [0.29, 0.717) is 6.61 Å². The monoisotopic (exact) mass is 426 g/mol. The Bertz CT molecular complexity index is 878. The number of carbonyl (C=O) groups excluding carboxylic acids is 3. The van der Waals surface area contributed by atoms with Crippen molar-refractivity contribution in [2.75, 3.05) is 33.3 Å². The first-order valence-corrected chi connectivity index (χ1v) is 10.1. The van der Waals surface area contributed by atoms with Gasteiger partial charge in [-0.3, -0.25) is 24.4 Å². The van der Waals surface area contributed by atoms with E-state index in [9.17, 15) is 14.4 Å². The summed E-state index contributed by atoms with van der Waals surface area (Å²) < 4.78 is 10.7. The molecule has 9 heteroatoms. The molecule has 1 aliphatic rings. The number of ether oxygens (including phenoxy) is 2. The minimum Gasteiger partial charge on any atom is -0.469 e. The van der Waals surface area contributed by atoms with Gasteiger partial charge in [0.05, 0.1) is 39.2 Å². The van der Waals surface area contributed by atoms with Crippen LogP contribution in [-0.4, -0.2) is 76.9 Å². The van der Waals surface area contributed by atoms with Crippen LogP contribution in [0.2, 0.25) is 0 Å². The first kappa shape index (κ1) is 22.4. The fraction of sp³-hybridized carbons (Fsp3) is 0.409. The van der Waals surface area contributed by atoms with Crippen molar-refractivity contribution in [2.24, 2.45) is 0 Å². The summed E-state index contributed by atoms with van der Waals surface area (Å²) in [5, 5.41) is 0. The zero-order valence-corrected chi connectivity index (χ0v) is 17.5. The zero-order valence-electron chi connectivity index (χ0n) is 17.5. The number of rotatable bonds is 8. The van der Waals surface area contributed by atoms with E-state index in [2.05, 4.69) is 14.7 Å². The van der Waals surface area contributed by atoms with Crippen LogP contribution >= 0.6 is 0 Å². The van der Waals surface area contributed by atoms with E-state index in [0.717, 1.165) is 11.1 Å². The molecule has 0 bridgehead atoms. The van der Waals surface area contributed by atoms with Gasteiger partial charge in [0.2, 0.25) is 11.8 Å². The molecule has 3 heterocycles. The largest absolute Gasteiger partial charge is 0.469 e. The van der Waals surface area contributed by atoms with Crippen molar-refractivity contribution < 1.29 is 23.9 Å². The highest BCUT2D eigenvalue weighted by atomic mass is 16.5. The maximum Gasteiger partial charge on any atom is 0.307 e. The predicted molar refractivity (Wildman–Crippen MR) is 111 cm³/mol. The maximum absolute atomic E-state index is 12.9. The van der Waals surface area contributed by atoms with Crippen molar-refractivity contribution >= 4 is 17.8 Å². The number of methoxy groups -OCH3 is 1. The first-order valence-electron chi connectivity index (χ1n) is 10.1. The van der Waals surface area contributed by atoms with E-state index in [4.69, 9.17) is 4.74 Å². The summed E-state index contributed by atoms with van der Waals surface area (Å²) >= 11 is 0. The van der Waals surface area contributed by atoms with E-state index in [1.165, 1.54) is 12.0 Å². The average Bonchev–Trinajstić information content (AvgIpc) is 2.96. The Hall–Kier alpha value is -3.33. The Morgan fingerprint density at radius 1 is 1.10 bits per heavy atom. The zero-order chi connectivity index (χ0) is 22.1. The predicted octanol–water partition coefficient (Wildman–Crippen LogP) is 0.838. The van der Waals surface area contributed by atoms with Gasteiger partial charge in [-0.05, 0) is 29.3 Å². The second-order valence-corrected chi connectivity index (χ2v) is 7.27. The van der Waals surface area contributed by atoms with Gasteiger partial charge in [0, 0.05) is 44.4 Å². The normalized spacial score (nSPS) is 16.7. The third-order valence-electron chi connectivity index (χ3n) is 5.01. The van der Waals surface area contributed by atoms with Crippen LogP contribution in [0.25, 0.3) is 0 Å². The summed E-state index contributed by atoms with van der Waals surface area (Å²) in [5.41, 5.74) is 1.72. The van der Waals surface area contributed by atoms with Crippen LogP contribution < -0.4 is 0 Å². The molecule has 2 aromatic rings. The van der Waals surface area contributed by atoms with E-state index in [-0.39, 0.29) is 50.8 Å². The van der Waals surface area contributed by atoms with E-state index >= 15 is 0 Å². The van der Waals surface area contributed by atoms with Gasteiger partial charge in [-0.15, -0.1) is 0 Å². The molecule has 0 spiro atoms. The smallest absolute Gasteiger partial charge is 0.307 e. The molecule has 0 N–H and O–H groups in total. The Balaban J connectivity index is 1.70. The Morgan fingerprint density at radius 2 is 1.90 bits per heavy atom. The van der Waals surface area contributed by atoms with Crippen LogP contribution in [0.5, 0.6) is 0 Å². The third-order valence-corrected chi connectivity index (χ3v) is 5.01. The molecule has 9 nitrogen and oxygen atoms in total. The lowest BCUT2D eigenvalue weighted by atomic mass is 10.2. The molecular weight excluding hydrogens is 400 g/mol. The van der Waals surface area contributed by atoms with Crippen LogP contribution in [-0.2, 0) is 36.9 Å². The van der Waals surface area contributed by atoms with Gasteiger partial charge in [0.25, 0.3) is 0 Å². The summed E-state index contributed by atoms with van der Waals surface area (Å²) in [6.07, 6.45) is 6.49. The summed E-state index contributed by atoms with van der Waals surface area (Å²) in [4.78, 5) is 48.4. The summed E-state index contributed by atoms with van der Waals surface area (Å²) in [7, 11) is 1.31. The molecule has 1 saturated heterocycles. The van der Waals surface area contributed by atoms with Crippen molar-refractivity contribution in [3.05, 3.63) is 60.2 Å². The fourth-order valence-corrected chi connectivity index (χ4v) is 3.30. The lowest BCUT2D eigenvalue weighted by Gasteiger charge is -2.24. The number of carbonyl (C=O) groups is 3. The highest BCUT2D eigenvalue weighted by molar-refractivity contribution is 5.86. The number of esters is 1. The van der Waals surface area contributed by atoms with Gasteiger partial charge in [-0.1, -0.05) is 6.07 Å². The van der Waals surface area contributed by atoms with Crippen LogP contribution in [0, 0.1) is 0 Å². The molecule has 31 heavy (non-hydrogen) atoms. The Labute approximate surface area is 181 Å². The highest BCUT2D eigenvalue weighted by Gasteiger charge is 2.31.